The van der Waals surface area contributed by atoms with Crippen molar-refractivity contribution in [1.82, 2.24) is 0 Å². The second kappa shape index (κ2) is 5.31. The van der Waals surface area contributed by atoms with E-state index in [1.54, 1.807) is 6.92 Å². The Kier molecular flexibility index (Phi) is 4.62. The molecular weight excluding hydrogens is 312 g/mol. The van der Waals surface area contributed by atoms with Gasteiger partial charge >= 0.3 is 0 Å². The first kappa shape index (κ1) is 15.7. The van der Waals surface area contributed by atoms with E-state index in [0.29, 0.717) is 22.6 Å². The van der Waals surface area contributed by atoms with E-state index in [1.165, 1.54) is 6.07 Å². The molecule has 0 aliphatic carbocycles. The van der Waals surface area contributed by atoms with Crippen LogP contribution in [0.3, 0.4) is 0 Å². The largest absolute Gasteiger partial charge is 0.451 e. The Morgan fingerprint density at radius 1 is 1.39 bits per heavy atom. The molecule has 0 unspecified atom stereocenters. The van der Waals surface area contributed by atoms with Crippen molar-refractivity contribution in [1.29, 1.82) is 0 Å². The molecule has 0 amide bonds. The highest BCUT2D eigenvalue weighted by atomic mass is 79.9. The summed E-state index contributed by atoms with van der Waals surface area (Å²) in [5, 5.41) is 0.148. The average Bonchev–Trinajstić information content (AvgIpc) is 2.21. The molecule has 5 heteroatoms. The van der Waals surface area contributed by atoms with E-state index in [-0.39, 0.29) is 10.5 Å². The predicted octanol–water partition coefficient (Wildman–Crippen LogP) is 4.23. The smallest absolute Gasteiger partial charge is 0.192 e. The quantitative estimate of drug-likeness (QED) is 0.777. The molecule has 0 N–H and O–H groups in total. The van der Waals surface area contributed by atoms with Gasteiger partial charge in [-0.3, -0.25) is 4.79 Å². The highest BCUT2D eigenvalue weighted by Gasteiger charge is 2.37. The van der Waals surface area contributed by atoms with Crippen molar-refractivity contribution in [3.05, 3.63) is 32.3 Å². The topological polar surface area (TPSA) is 39.4 Å². The van der Waals surface area contributed by atoms with Crippen LogP contribution >= 0.6 is 15.9 Å². The van der Waals surface area contributed by atoms with Crippen molar-refractivity contribution in [2.24, 2.45) is 0 Å². The van der Waals surface area contributed by atoms with Crippen LogP contribution in [0.15, 0.2) is 19.9 Å². The van der Waals surface area contributed by atoms with E-state index >= 15 is 0 Å². The van der Waals surface area contributed by atoms with Gasteiger partial charge in [0.05, 0.1) is 6.61 Å². The van der Waals surface area contributed by atoms with Gasteiger partial charge in [0.2, 0.25) is 0 Å². The van der Waals surface area contributed by atoms with Gasteiger partial charge in [0.1, 0.15) is 5.76 Å². The van der Waals surface area contributed by atoms with Crippen LogP contribution in [0.2, 0.25) is 18.1 Å². The van der Waals surface area contributed by atoms with E-state index in [4.69, 9.17) is 8.84 Å². The fraction of sp³-hybridized carbons (Fsp3) is 0.615. The van der Waals surface area contributed by atoms with Crippen molar-refractivity contribution in [2.45, 2.75) is 52.4 Å². The second-order valence-corrected chi connectivity index (χ2v) is 11.6. The molecule has 0 saturated carbocycles. The highest BCUT2D eigenvalue weighted by Crippen LogP contribution is 2.37. The molecule has 18 heavy (non-hydrogen) atoms. The Labute approximate surface area is 118 Å². The van der Waals surface area contributed by atoms with E-state index in [1.807, 2.05) is 0 Å². The van der Waals surface area contributed by atoms with Crippen LogP contribution in [-0.2, 0) is 11.0 Å². The molecule has 0 aliphatic heterocycles. The molecule has 3 nitrogen and oxygen atoms in total. The van der Waals surface area contributed by atoms with E-state index in [9.17, 15) is 4.79 Å². The molecule has 0 aliphatic rings. The number of halogens is 1. The summed E-state index contributed by atoms with van der Waals surface area (Å²) < 4.78 is 12.0. The van der Waals surface area contributed by atoms with Gasteiger partial charge < -0.3 is 8.84 Å². The van der Waals surface area contributed by atoms with Gasteiger partial charge in [0, 0.05) is 11.6 Å². The van der Waals surface area contributed by atoms with Crippen LogP contribution in [0.1, 0.15) is 32.1 Å². The van der Waals surface area contributed by atoms with Gasteiger partial charge in [-0.25, -0.2) is 0 Å². The van der Waals surface area contributed by atoms with Gasteiger partial charge in [0.15, 0.2) is 18.4 Å². The molecule has 1 heterocycles. The second-order valence-electron chi connectivity index (χ2n) is 6.02. The fourth-order valence-electron chi connectivity index (χ4n) is 1.11. The minimum absolute atomic E-state index is 0.0260. The molecule has 0 radical (unpaired) electrons. The molecule has 0 saturated heterocycles. The zero-order valence-electron chi connectivity index (χ0n) is 11.9. The van der Waals surface area contributed by atoms with Crippen LogP contribution in [-0.4, -0.2) is 8.32 Å². The molecule has 102 valence electrons. The maximum absolute atomic E-state index is 11.6. The summed E-state index contributed by atoms with van der Waals surface area (Å²) in [7, 11) is -1.81. The minimum atomic E-state index is -1.81. The van der Waals surface area contributed by atoms with Gasteiger partial charge in [-0.1, -0.05) is 20.8 Å². The summed E-state index contributed by atoms with van der Waals surface area (Å²) in [5.41, 5.74) is 0.563. The third kappa shape index (κ3) is 3.55. The number of rotatable bonds is 3. The third-order valence-electron chi connectivity index (χ3n) is 3.56. The van der Waals surface area contributed by atoms with E-state index < -0.39 is 8.32 Å². The lowest BCUT2D eigenvalue weighted by molar-refractivity contribution is 0.240. The Morgan fingerprint density at radius 2 is 1.94 bits per heavy atom. The summed E-state index contributed by atoms with van der Waals surface area (Å²) in [6.07, 6.45) is 0. The van der Waals surface area contributed by atoms with Crippen LogP contribution in [0.25, 0.3) is 0 Å². The molecule has 0 spiro atoms. The fourth-order valence-corrected chi connectivity index (χ4v) is 2.45. The maximum Gasteiger partial charge on any atom is 0.192 e. The predicted molar refractivity (Wildman–Crippen MR) is 79.4 cm³/mol. The van der Waals surface area contributed by atoms with Crippen molar-refractivity contribution >= 4 is 24.2 Å². The third-order valence-corrected chi connectivity index (χ3v) is 8.79. The summed E-state index contributed by atoms with van der Waals surface area (Å²) in [6.45, 7) is 13.0. The van der Waals surface area contributed by atoms with Crippen LogP contribution < -0.4 is 5.43 Å². The van der Waals surface area contributed by atoms with Gasteiger partial charge in [-0.2, -0.15) is 0 Å². The standard InChI is InChI=1S/C13H21BrO3Si/c1-9-11(15)7-10(17-12(9)14)8-16-18(5,6)13(2,3)4/h7H,8H2,1-6H3. The lowest BCUT2D eigenvalue weighted by Gasteiger charge is -2.35. The first-order chi connectivity index (χ1) is 8.04. The molecule has 0 atom stereocenters. The van der Waals surface area contributed by atoms with Gasteiger partial charge in [0.25, 0.3) is 0 Å². The summed E-state index contributed by atoms with van der Waals surface area (Å²) in [5.74, 6) is 0.572. The molecule has 0 fully saturated rings. The molecule has 0 aromatic carbocycles. The Bertz CT molecular complexity index is 486. The van der Waals surface area contributed by atoms with Crippen LogP contribution in [0.5, 0.6) is 0 Å². The normalized spacial score (nSPS) is 12.8. The SMILES string of the molecule is Cc1c(Br)oc(CO[Si](C)(C)C(C)(C)C)cc1=O. The highest BCUT2D eigenvalue weighted by molar-refractivity contribution is 9.10. The molecule has 1 rings (SSSR count). The lowest BCUT2D eigenvalue weighted by atomic mass is 10.2. The first-order valence-corrected chi connectivity index (χ1v) is 9.68. The van der Waals surface area contributed by atoms with Crippen molar-refractivity contribution in [3.8, 4) is 0 Å². The zero-order valence-corrected chi connectivity index (χ0v) is 14.5. The molecule has 0 bridgehead atoms. The zero-order chi connectivity index (χ0) is 14.1. The van der Waals surface area contributed by atoms with E-state index in [0.717, 1.165) is 0 Å². The Balaban J connectivity index is 2.85. The summed E-state index contributed by atoms with van der Waals surface area (Å²) in [6, 6.07) is 1.51. The molecule has 1 aromatic heterocycles. The molecular formula is C13H21BrO3Si. The average molecular weight is 333 g/mol. The van der Waals surface area contributed by atoms with Gasteiger partial charge in [-0.15, -0.1) is 0 Å². The Morgan fingerprint density at radius 3 is 2.39 bits per heavy atom. The van der Waals surface area contributed by atoms with Crippen molar-refractivity contribution in [2.75, 3.05) is 0 Å². The minimum Gasteiger partial charge on any atom is -0.451 e. The van der Waals surface area contributed by atoms with Crippen molar-refractivity contribution in [3.63, 3.8) is 0 Å². The maximum atomic E-state index is 11.6. The lowest BCUT2D eigenvalue weighted by Crippen LogP contribution is -2.40. The van der Waals surface area contributed by atoms with Crippen LogP contribution in [0.4, 0.5) is 0 Å². The first-order valence-electron chi connectivity index (χ1n) is 5.98. The number of hydrogen-bond donors (Lipinski definition) is 0. The van der Waals surface area contributed by atoms with E-state index in [2.05, 4.69) is 49.8 Å². The number of hydrogen-bond acceptors (Lipinski definition) is 3. The Hall–Kier alpha value is -0.393. The van der Waals surface area contributed by atoms with Crippen LogP contribution in [0, 0.1) is 6.92 Å². The monoisotopic (exact) mass is 332 g/mol. The van der Waals surface area contributed by atoms with Gasteiger partial charge in [-0.05, 0) is 41.0 Å². The summed E-state index contributed by atoms with van der Waals surface area (Å²) in [4.78, 5) is 11.6. The molecule has 1 aromatic rings. The van der Waals surface area contributed by atoms with Crippen molar-refractivity contribution < 1.29 is 8.84 Å². The summed E-state index contributed by atoms with van der Waals surface area (Å²) >= 11 is 3.25.